The Morgan fingerprint density at radius 3 is 2.90 bits per heavy atom. The summed E-state index contributed by atoms with van der Waals surface area (Å²) >= 11 is 2.70. The van der Waals surface area contributed by atoms with Crippen molar-refractivity contribution in [3.8, 4) is 6.07 Å². The van der Waals surface area contributed by atoms with E-state index in [4.69, 9.17) is 0 Å². The molecule has 0 unspecified atom stereocenters. The summed E-state index contributed by atoms with van der Waals surface area (Å²) in [5.41, 5.74) is 2.43. The van der Waals surface area contributed by atoms with E-state index in [0.717, 1.165) is 31.2 Å². The van der Waals surface area contributed by atoms with Crippen LogP contribution in [0, 0.1) is 28.4 Å². The van der Waals surface area contributed by atoms with Crippen LogP contribution in [0.4, 0.5) is 10.7 Å². The first kappa shape index (κ1) is 21.0. The standard InChI is InChI=1S/C21H17N5O3S2/c1-12-8-19(27)25-21(24-12)31-17-7-6-14(26(28)29)9-13(17)11-23-20-16(10-22)15-4-2-3-5-18(15)30-20/h6-9,11H,2-5H2,1H3,(H,24,25,27). The lowest BCUT2D eigenvalue weighted by Gasteiger charge is -2.09. The predicted octanol–water partition coefficient (Wildman–Crippen LogP) is 4.70. The van der Waals surface area contributed by atoms with E-state index in [1.54, 1.807) is 19.2 Å². The molecule has 1 aliphatic carbocycles. The van der Waals surface area contributed by atoms with Gasteiger partial charge in [-0.05, 0) is 44.2 Å². The molecule has 2 aromatic heterocycles. The summed E-state index contributed by atoms with van der Waals surface area (Å²) < 4.78 is 0. The average Bonchev–Trinajstić information content (AvgIpc) is 3.09. The Hall–Kier alpha value is -3.29. The van der Waals surface area contributed by atoms with Gasteiger partial charge in [0.2, 0.25) is 0 Å². The minimum atomic E-state index is -0.469. The van der Waals surface area contributed by atoms with Gasteiger partial charge in [0.05, 0.1) is 10.5 Å². The zero-order valence-electron chi connectivity index (χ0n) is 16.5. The number of nitro groups is 1. The van der Waals surface area contributed by atoms with Crippen molar-refractivity contribution >= 4 is 40.0 Å². The summed E-state index contributed by atoms with van der Waals surface area (Å²) in [7, 11) is 0. The highest BCUT2D eigenvalue weighted by molar-refractivity contribution is 7.99. The van der Waals surface area contributed by atoms with Gasteiger partial charge in [-0.3, -0.25) is 14.9 Å². The van der Waals surface area contributed by atoms with Crippen molar-refractivity contribution in [1.29, 1.82) is 5.26 Å². The third kappa shape index (κ3) is 4.57. The van der Waals surface area contributed by atoms with E-state index in [1.165, 1.54) is 46.2 Å². The zero-order chi connectivity index (χ0) is 22.0. The fraction of sp³-hybridized carbons (Fsp3) is 0.238. The number of rotatable bonds is 5. The molecule has 1 aliphatic rings. The van der Waals surface area contributed by atoms with Crippen LogP contribution in [-0.2, 0) is 12.8 Å². The molecule has 0 bridgehead atoms. The number of nitrogens with one attached hydrogen (secondary N) is 1. The normalized spacial score (nSPS) is 13.2. The van der Waals surface area contributed by atoms with Crippen LogP contribution in [0.2, 0.25) is 0 Å². The Morgan fingerprint density at radius 2 is 2.16 bits per heavy atom. The van der Waals surface area contributed by atoms with Crippen LogP contribution in [0.5, 0.6) is 0 Å². The summed E-state index contributed by atoms with van der Waals surface area (Å²) in [6.45, 7) is 1.72. The van der Waals surface area contributed by atoms with Gasteiger partial charge >= 0.3 is 0 Å². The van der Waals surface area contributed by atoms with Crippen molar-refractivity contribution in [2.24, 2.45) is 4.99 Å². The minimum Gasteiger partial charge on any atom is -0.301 e. The number of benzene rings is 1. The Balaban J connectivity index is 1.74. The zero-order valence-corrected chi connectivity index (χ0v) is 18.2. The number of nitro benzene ring substituents is 1. The summed E-state index contributed by atoms with van der Waals surface area (Å²) in [5.74, 6) is 0. The van der Waals surface area contributed by atoms with E-state index in [2.05, 4.69) is 21.0 Å². The molecule has 0 atom stereocenters. The highest BCUT2D eigenvalue weighted by Crippen LogP contribution is 2.39. The Bertz CT molecular complexity index is 1300. The summed E-state index contributed by atoms with van der Waals surface area (Å²) in [6, 6.07) is 8.10. The van der Waals surface area contributed by atoms with Crippen molar-refractivity contribution in [1.82, 2.24) is 9.97 Å². The van der Waals surface area contributed by atoms with Crippen LogP contribution in [0.3, 0.4) is 0 Å². The maximum atomic E-state index is 11.8. The molecule has 3 aromatic rings. The molecule has 156 valence electrons. The number of fused-ring (bicyclic) bond motifs is 1. The number of hydrogen-bond acceptors (Lipinski definition) is 8. The van der Waals surface area contributed by atoms with Crippen molar-refractivity contribution in [3.63, 3.8) is 0 Å². The number of aryl methyl sites for hydroxylation is 2. The number of nitriles is 1. The van der Waals surface area contributed by atoms with Gasteiger partial charge in [-0.15, -0.1) is 11.3 Å². The molecule has 0 fully saturated rings. The van der Waals surface area contributed by atoms with Gasteiger partial charge in [0.15, 0.2) is 5.16 Å². The molecular formula is C21H17N5O3S2. The molecule has 0 radical (unpaired) electrons. The molecule has 2 heterocycles. The largest absolute Gasteiger partial charge is 0.301 e. The second-order valence-electron chi connectivity index (χ2n) is 7.03. The Labute approximate surface area is 185 Å². The van der Waals surface area contributed by atoms with Crippen molar-refractivity contribution in [3.05, 3.63) is 72.0 Å². The average molecular weight is 452 g/mol. The maximum Gasteiger partial charge on any atom is 0.270 e. The van der Waals surface area contributed by atoms with E-state index < -0.39 is 4.92 Å². The number of non-ortho nitro benzene ring substituents is 1. The molecule has 1 aromatic carbocycles. The van der Waals surface area contributed by atoms with Crippen LogP contribution < -0.4 is 5.56 Å². The number of aromatic nitrogens is 2. The molecule has 0 aliphatic heterocycles. The van der Waals surface area contributed by atoms with Crippen LogP contribution in [0.25, 0.3) is 0 Å². The van der Waals surface area contributed by atoms with Gasteiger partial charge < -0.3 is 4.98 Å². The van der Waals surface area contributed by atoms with Gasteiger partial charge in [0.25, 0.3) is 11.2 Å². The first-order valence-corrected chi connectivity index (χ1v) is 11.2. The van der Waals surface area contributed by atoms with Gasteiger partial charge in [-0.25, -0.2) is 9.98 Å². The SMILES string of the molecule is Cc1cc(=O)[nH]c(Sc2ccc([N+](=O)[O-])cc2C=Nc2sc3c(c2C#N)CCCC3)n1. The van der Waals surface area contributed by atoms with E-state index in [0.29, 0.717) is 31.9 Å². The quantitative estimate of drug-likeness (QED) is 0.259. The van der Waals surface area contributed by atoms with Gasteiger partial charge in [-0.2, -0.15) is 5.26 Å². The van der Waals surface area contributed by atoms with E-state index in [1.807, 2.05) is 0 Å². The van der Waals surface area contributed by atoms with Crippen LogP contribution in [0.15, 0.2) is 44.1 Å². The molecule has 10 heteroatoms. The molecule has 0 saturated carbocycles. The van der Waals surface area contributed by atoms with E-state index in [-0.39, 0.29) is 11.2 Å². The lowest BCUT2D eigenvalue weighted by Crippen LogP contribution is -2.08. The first-order valence-electron chi connectivity index (χ1n) is 9.57. The number of hydrogen-bond donors (Lipinski definition) is 1. The molecule has 0 spiro atoms. The molecule has 0 saturated heterocycles. The lowest BCUT2D eigenvalue weighted by molar-refractivity contribution is -0.384. The fourth-order valence-electron chi connectivity index (χ4n) is 3.43. The van der Waals surface area contributed by atoms with Gasteiger partial charge in [0, 0.05) is 45.4 Å². The molecule has 8 nitrogen and oxygen atoms in total. The number of aliphatic imine (C=N–C) groups is 1. The maximum absolute atomic E-state index is 11.8. The van der Waals surface area contributed by atoms with Crippen molar-refractivity contribution < 1.29 is 4.92 Å². The van der Waals surface area contributed by atoms with Crippen LogP contribution in [-0.4, -0.2) is 21.1 Å². The monoisotopic (exact) mass is 451 g/mol. The van der Waals surface area contributed by atoms with Gasteiger partial charge in [-0.1, -0.05) is 11.8 Å². The number of H-pyrrole nitrogens is 1. The fourth-order valence-corrected chi connectivity index (χ4v) is 5.53. The summed E-state index contributed by atoms with van der Waals surface area (Å²) in [5, 5.41) is 21.9. The highest BCUT2D eigenvalue weighted by atomic mass is 32.2. The number of aromatic amines is 1. The van der Waals surface area contributed by atoms with Crippen LogP contribution in [0.1, 0.15) is 40.1 Å². The topological polar surface area (TPSA) is 125 Å². The highest BCUT2D eigenvalue weighted by Gasteiger charge is 2.20. The number of nitrogens with zero attached hydrogens (tertiary/aromatic N) is 4. The second-order valence-corrected chi connectivity index (χ2v) is 9.15. The van der Waals surface area contributed by atoms with E-state index in [9.17, 15) is 20.2 Å². The van der Waals surface area contributed by atoms with Crippen molar-refractivity contribution in [2.45, 2.75) is 42.7 Å². The second kappa shape index (κ2) is 8.83. The summed E-state index contributed by atoms with van der Waals surface area (Å²) in [6.07, 6.45) is 5.55. The van der Waals surface area contributed by atoms with Crippen molar-refractivity contribution in [2.75, 3.05) is 0 Å². The molecule has 1 N–H and O–H groups in total. The lowest BCUT2D eigenvalue weighted by atomic mass is 9.96. The molecule has 0 amide bonds. The number of thiophene rings is 1. The molecular weight excluding hydrogens is 434 g/mol. The third-order valence-electron chi connectivity index (χ3n) is 4.84. The Kier molecular flexibility index (Phi) is 5.97. The third-order valence-corrected chi connectivity index (χ3v) is 7.02. The first-order chi connectivity index (χ1) is 14.9. The predicted molar refractivity (Wildman–Crippen MR) is 120 cm³/mol. The van der Waals surface area contributed by atoms with Gasteiger partial charge in [0.1, 0.15) is 11.1 Å². The molecule has 4 rings (SSSR count). The van der Waals surface area contributed by atoms with E-state index >= 15 is 0 Å². The summed E-state index contributed by atoms with van der Waals surface area (Å²) in [4.78, 5) is 35.9. The minimum absolute atomic E-state index is 0.0672. The smallest absolute Gasteiger partial charge is 0.270 e. The molecule has 31 heavy (non-hydrogen) atoms. The Morgan fingerprint density at radius 1 is 1.35 bits per heavy atom. The van der Waals surface area contributed by atoms with Crippen LogP contribution >= 0.6 is 23.1 Å².